The molecular formula is C106H73BrCl7F5N12O18. The summed E-state index contributed by atoms with van der Waals surface area (Å²) >= 11 is 44.4. The number of halogens is 13. The number of carboxylic acid groups (broad SMARTS) is 3. The molecule has 2 aliphatic heterocycles. The monoisotopic (exact) mass is 2220 g/mol. The van der Waals surface area contributed by atoms with Gasteiger partial charge in [-0.2, -0.15) is 20.4 Å². The summed E-state index contributed by atoms with van der Waals surface area (Å²) in [6.07, 6.45) is 14.0. The van der Waals surface area contributed by atoms with E-state index in [2.05, 4.69) is 46.3 Å². The van der Waals surface area contributed by atoms with Gasteiger partial charge in [-0.05, 0) is 200 Å². The molecule has 19 rings (SSSR count). The maximum Gasteiger partial charge on any atom is 0.336 e. The quantitative estimate of drug-likeness (QED) is 0.0217. The molecule has 149 heavy (non-hydrogen) atoms. The predicted octanol–water partition coefficient (Wildman–Crippen LogP) is 20.0. The maximum absolute atomic E-state index is 16.3. The van der Waals surface area contributed by atoms with Crippen LogP contribution in [0.5, 0.6) is 0 Å². The summed E-state index contributed by atoms with van der Waals surface area (Å²) in [6.45, 7) is -0.366. The molecule has 6 aromatic heterocycles. The third-order valence-corrected chi connectivity index (χ3v) is 25.8. The highest BCUT2D eigenvalue weighted by Gasteiger charge is 2.57. The Morgan fingerprint density at radius 3 is 1.10 bits per heavy atom. The molecule has 3 aliphatic rings. The maximum atomic E-state index is 16.3. The number of hydrogen-bond donors (Lipinski definition) is 6. The second kappa shape index (κ2) is 44.8. The Hall–Kier alpha value is -15.3. The van der Waals surface area contributed by atoms with Crippen LogP contribution in [-0.4, -0.2) is 166 Å². The van der Waals surface area contributed by atoms with Crippen molar-refractivity contribution in [3.63, 3.8) is 0 Å². The zero-order valence-electron chi connectivity index (χ0n) is 77.4. The number of pyridine rings is 2. The van der Waals surface area contributed by atoms with Crippen LogP contribution < -0.4 is 0 Å². The number of aryl methyl sites for hydroxylation is 4. The van der Waals surface area contributed by atoms with E-state index in [1.165, 1.54) is 201 Å². The van der Waals surface area contributed by atoms with E-state index in [1.54, 1.807) is 76.7 Å². The fraction of sp³-hybridized carbons (Fsp3) is 0.123. The van der Waals surface area contributed by atoms with E-state index in [4.69, 9.17) is 91.0 Å². The largest absolute Gasteiger partial charge is 0.478 e. The summed E-state index contributed by atoms with van der Waals surface area (Å²) in [5.41, 5.74) is -5.96. The Bertz CT molecular complexity index is 8050. The van der Waals surface area contributed by atoms with Gasteiger partial charge in [0.05, 0.1) is 144 Å². The van der Waals surface area contributed by atoms with Crippen molar-refractivity contribution in [2.75, 3.05) is 6.61 Å². The minimum absolute atomic E-state index is 0.00473. The second-order valence-corrected chi connectivity index (χ2v) is 37.9. The normalized spacial score (nSPS) is 14.6. The number of nitrogens with zero attached hydrogens (tertiary/aromatic N) is 12. The molecule has 16 aromatic rings. The van der Waals surface area contributed by atoms with Gasteiger partial charge in [0.25, 0.3) is 11.8 Å². The van der Waals surface area contributed by atoms with Gasteiger partial charge in [0.1, 0.15) is 35.2 Å². The minimum atomic E-state index is -2.17. The number of ketones is 6. The molecule has 1 saturated carbocycles. The van der Waals surface area contributed by atoms with Crippen LogP contribution in [-0.2, 0) is 57.5 Å². The van der Waals surface area contributed by atoms with Crippen molar-refractivity contribution >= 4 is 162 Å². The first-order valence-electron chi connectivity index (χ1n) is 43.9. The summed E-state index contributed by atoms with van der Waals surface area (Å²) in [7, 11) is 6.57. The molecule has 3 atom stereocenters. The molecule has 2 unspecified atom stereocenters. The van der Waals surface area contributed by atoms with E-state index in [0.717, 1.165) is 47.4 Å². The fourth-order valence-corrected chi connectivity index (χ4v) is 17.5. The number of fused-ring (bicyclic) bond motifs is 2. The molecule has 1 fully saturated rings. The average molecular weight is 2230 g/mol. The number of aromatic nitrogens is 10. The third-order valence-electron chi connectivity index (χ3n) is 23.7. The van der Waals surface area contributed by atoms with Gasteiger partial charge in [0.15, 0.2) is 46.1 Å². The summed E-state index contributed by atoms with van der Waals surface area (Å²) in [6, 6.07) is 47.1. The summed E-state index contributed by atoms with van der Waals surface area (Å²) in [5, 5.41) is 79.7. The van der Waals surface area contributed by atoms with Crippen molar-refractivity contribution in [1.82, 2.24) is 58.9 Å². The number of carbonyl (C=O) groups is 11. The molecule has 30 nitrogen and oxygen atoms in total. The van der Waals surface area contributed by atoms with E-state index < -0.39 is 150 Å². The van der Waals surface area contributed by atoms with Crippen LogP contribution in [0.25, 0.3) is 0 Å². The first kappa shape index (κ1) is 108. The number of benzene rings is 10. The number of aliphatic hydroxyl groups excluding tert-OH is 1. The van der Waals surface area contributed by atoms with Crippen LogP contribution in [0.4, 0.5) is 22.0 Å². The highest BCUT2D eigenvalue weighted by molar-refractivity contribution is 9.10. The van der Waals surface area contributed by atoms with Gasteiger partial charge in [-0.1, -0.05) is 121 Å². The van der Waals surface area contributed by atoms with Gasteiger partial charge < -0.3 is 35.4 Å². The molecule has 756 valence electrons. The van der Waals surface area contributed by atoms with Gasteiger partial charge in [-0.15, -0.1) is 0 Å². The SMILES string of the molecule is Cn1cc(C(=O)c2cc(F)c(C(=O)c3ccc(Cl)cc3)c(C(=O)O)c2)cn1.Cn1cc(C(=O)c2cc(F)c3c(c2)C(=O)N(Cc2ccc(Cl)cn2)C3(O)c2ccc(Cl)cc2)cn1.Cn1cc(C(=O)c2cc(F)c3c(c2)C(=O)N(Cc2ccc(Cl)cn2)[C@@]3(OCC2(O)CC2)c2ccc(Cl)cc2)cn1.Cn1cc(C(O)c2cc(F)c(C(=O)c3ccc(Cl)cc3)c(C(=O)O)c2)cn1.O=C(O)c1cc(Br)cc(F)c1C(=O)c1ccc(Cl)cc1. The van der Waals surface area contributed by atoms with Crippen LogP contribution >= 0.6 is 97.1 Å². The van der Waals surface area contributed by atoms with Crippen LogP contribution in [0, 0.1) is 29.1 Å². The Morgan fingerprint density at radius 1 is 0.369 bits per heavy atom. The number of aliphatic hydroxyl groups is 3. The Kier molecular flexibility index (Phi) is 32.4. The highest BCUT2D eigenvalue weighted by atomic mass is 79.9. The molecule has 8 heterocycles. The van der Waals surface area contributed by atoms with Gasteiger partial charge in [-0.25, -0.2) is 36.3 Å². The van der Waals surface area contributed by atoms with Gasteiger partial charge >= 0.3 is 17.9 Å². The fourth-order valence-electron chi connectivity index (χ4n) is 16.2. The molecule has 0 radical (unpaired) electrons. The van der Waals surface area contributed by atoms with Crippen LogP contribution in [0.2, 0.25) is 35.2 Å². The van der Waals surface area contributed by atoms with Gasteiger partial charge in [-0.3, -0.25) is 76.9 Å². The molecule has 2 amide bonds. The molecule has 1 aliphatic carbocycles. The predicted molar refractivity (Wildman–Crippen MR) is 537 cm³/mol. The van der Waals surface area contributed by atoms with Crippen LogP contribution in [0.15, 0.2) is 273 Å². The first-order chi connectivity index (χ1) is 70.7. The Morgan fingerprint density at radius 2 is 0.711 bits per heavy atom. The number of rotatable bonds is 26. The summed E-state index contributed by atoms with van der Waals surface area (Å²) in [4.78, 5) is 149. The van der Waals surface area contributed by atoms with E-state index in [9.17, 15) is 91.4 Å². The molecule has 43 heteroatoms. The van der Waals surface area contributed by atoms with E-state index in [1.807, 2.05) is 0 Å². The van der Waals surface area contributed by atoms with Gasteiger partial charge in [0, 0.05) is 145 Å². The van der Waals surface area contributed by atoms with Crippen molar-refractivity contribution in [2.45, 2.75) is 49.1 Å². The number of amides is 2. The molecular weight excluding hydrogens is 2150 g/mol. The number of carbonyl (C=O) groups excluding carboxylic acids is 8. The summed E-state index contributed by atoms with van der Waals surface area (Å²) < 4.78 is 87.8. The van der Waals surface area contributed by atoms with E-state index in [-0.39, 0.29) is 108 Å². The second-order valence-electron chi connectivity index (χ2n) is 33.9. The van der Waals surface area contributed by atoms with E-state index in [0.29, 0.717) is 70.5 Å². The lowest BCUT2D eigenvalue weighted by Gasteiger charge is -2.40. The highest BCUT2D eigenvalue weighted by Crippen LogP contribution is 2.51. The number of hydrogen-bond acceptors (Lipinski definition) is 21. The van der Waals surface area contributed by atoms with E-state index >= 15 is 8.78 Å². The zero-order chi connectivity index (χ0) is 107. The molecule has 6 N–H and O–H groups in total. The zero-order valence-corrected chi connectivity index (χ0v) is 84.3. The number of aromatic carboxylic acids is 3. The number of ether oxygens (including phenoxy) is 1. The Labute approximate surface area is 884 Å². The Balaban J connectivity index is 0.000000142. The molecule has 10 aromatic carbocycles. The first-order valence-corrected chi connectivity index (χ1v) is 47.3. The van der Waals surface area contributed by atoms with Crippen molar-refractivity contribution in [3.05, 3.63) is 476 Å². The standard InChI is InChI=1S/C29H23Cl2FN4O4.C25H17Cl2FN4O3.C19H14ClFN2O4.C19H12ClFN2O4.C14H7BrClFO3/c1-35-14-18(12-34-35)26(37)17-10-23-25(24(32)11-17)29(40-16-28(39)8-9-28,19-2-4-20(30)5-3-19)36(27(23)38)15-22-7-6-21(31)13-33-22;1-31-12-15(10-30-31)23(33)14-8-20-22(21(28)9-14)25(35,16-2-4-17(26)5-3-16)32(24(20)34)13-19-7-6-18(27)11-29-19;2*1-23-9-12(8-22-23)17(24)11-6-14(19(26)27)16(15(21)7-11)18(25)10-2-4-13(20)5-3-10;15-8-5-10(14(19)20)12(11(17)6-8)13(18)7-1-3-9(16)4-2-7/h2-7,10-14,39H,8-9,15-16H2,1H3;2-12,35H,13H2,1H3;2-9,17,24H,1H3,(H,26,27);2-9H,1H3,(H,26,27);1-6H,(H,19,20)/t29-;;;;/m1..../s1. The van der Waals surface area contributed by atoms with Crippen molar-refractivity contribution in [1.29, 1.82) is 0 Å². The van der Waals surface area contributed by atoms with Crippen molar-refractivity contribution in [3.8, 4) is 0 Å². The lowest BCUT2D eigenvalue weighted by Crippen LogP contribution is -2.48. The lowest BCUT2D eigenvalue weighted by molar-refractivity contribution is -0.139. The number of carboxylic acids is 3. The molecule has 0 saturated heterocycles. The minimum Gasteiger partial charge on any atom is -0.478 e. The third kappa shape index (κ3) is 23.5. The van der Waals surface area contributed by atoms with Crippen LogP contribution in [0.3, 0.4) is 0 Å². The smallest absolute Gasteiger partial charge is 0.336 e. The average Bonchev–Trinajstić information content (AvgIpc) is 1.54. The van der Waals surface area contributed by atoms with Crippen molar-refractivity contribution in [2.24, 2.45) is 28.2 Å². The van der Waals surface area contributed by atoms with Crippen LogP contribution in [0.1, 0.15) is 211 Å². The molecule has 0 bridgehead atoms. The summed E-state index contributed by atoms with van der Waals surface area (Å²) in [5.74, 6) is -14.2. The topological polar surface area (TPSA) is 422 Å². The van der Waals surface area contributed by atoms with Crippen molar-refractivity contribution < 1.29 is 110 Å². The molecule has 0 spiro atoms. The lowest BCUT2D eigenvalue weighted by atomic mass is 9.90. The van der Waals surface area contributed by atoms with Gasteiger partial charge in [0.2, 0.25) is 0 Å².